The average Bonchev–Trinajstić information content (AvgIpc) is 2.69. The zero-order chi connectivity index (χ0) is 19.9. The fourth-order valence-electron chi connectivity index (χ4n) is 3.29. The molecule has 0 saturated carbocycles. The molecule has 2 aromatic rings. The molecule has 0 spiro atoms. The van der Waals surface area contributed by atoms with E-state index in [1.807, 2.05) is 18.2 Å². The van der Waals surface area contributed by atoms with Crippen LogP contribution < -0.4 is 10.0 Å². The lowest BCUT2D eigenvalue weighted by Gasteiger charge is -2.42. The van der Waals surface area contributed by atoms with Crippen LogP contribution in [0.1, 0.15) is 25.3 Å². The Morgan fingerprint density at radius 3 is 2.32 bits per heavy atom. The molecule has 28 heavy (non-hydrogen) atoms. The van der Waals surface area contributed by atoms with E-state index in [4.69, 9.17) is 4.74 Å². The van der Waals surface area contributed by atoms with E-state index < -0.39 is 10.0 Å². The minimum atomic E-state index is -3.60. The first-order valence-electron chi connectivity index (χ1n) is 9.39. The van der Waals surface area contributed by atoms with Crippen molar-refractivity contribution in [3.05, 3.63) is 66.2 Å². The van der Waals surface area contributed by atoms with Crippen LogP contribution in [0.5, 0.6) is 0 Å². The summed E-state index contributed by atoms with van der Waals surface area (Å²) < 4.78 is 32.2. The maximum absolute atomic E-state index is 12.2. The van der Waals surface area contributed by atoms with Gasteiger partial charge in [-0.05, 0) is 31.0 Å². The number of rotatable bonds is 8. The Labute approximate surface area is 167 Å². The Morgan fingerprint density at radius 1 is 1.07 bits per heavy atom. The summed E-state index contributed by atoms with van der Waals surface area (Å²) in [6.45, 7) is 4.30. The van der Waals surface area contributed by atoms with Crippen molar-refractivity contribution in [1.82, 2.24) is 10.0 Å². The molecule has 0 bridgehead atoms. The molecule has 0 aromatic heterocycles. The summed E-state index contributed by atoms with van der Waals surface area (Å²) in [7, 11) is -3.60. The number of hydrogen-bond acceptors (Lipinski definition) is 4. The largest absolute Gasteiger partial charge is 0.380 e. The third kappa shape index (κ3) is 5.59. The second-order valence-electron chi connectivity index (χ2n) is 7.36. The van der Waals surface area contributed by atoms with Gasteiger partial charge in [0.25, 0.3) is 10.0 Å². The van der Waals surface area contributed by atoms with Gasteiger partial charge in [0.05, 0.1) is 18.1 Å². The predicted octanol–water partition coefficient (Wildman–Crippen LogP) is 2.90. The first kappa shape index (κ1) is 20.4. The van der Waals surface area contributed by atoms with Crippen LogP contribution in [0, 0.1) is 17.4 Å². The lowest BCUT2D eigenvalue weighted by atomic mass is 9.77. The van der Waals surface area contributed by atoms with Crippen LogP contribution in [0.2, 0.25) is 0 Å². The molecule has 2 aromatic carbocycles. The molecule has 6 heteroatoms. The molecule has 2 N–H and O–H groups in total. The molecule has 3 rings (SSSR count). The van der Waals surface area contributed by atoms with Crippen molar-refractivity contribution in [2.24, 2.45) is 5.41 Å². The maximum atomic E-state index is 12.2. The monoisotopic (exact) mass is 398 g/mol. The number of hydrogen-bond donors (Lipinski definition) is 2. The molecule has 0 aliphatic carbocycles. The molecule has 0 amide bonds. The van der Waals surface area contributed by atoms with E-state index in [1.54, 1.807) is 30.3 Å². The van der Waals surface area contributed by atoms with Gasteiger partial charge in [0.15, 0.2) is 0 Å². The van der Waals surface area contributed by atoms with Crippen molar-refractivity contribution in [1.29, 1.82) is 0 Å². The topological polar surface area (TPSA) is 67.4 Å². The lowest BCUT2D eigenvalue weighted by Crippen LogP contribution is -2.46. The molecule has 1 saturated heterocycles. The minimum Gasteiger partial charge on any atom is -0.380 e. The van der Waals surface area contributed by atoms with E-state index in [0.717, 1.165) is 13.0 Å². The second kappa shape index (κ2) is 9.24. The van der Waals surface area contributed by atoms with Gasteiger partial charge >= 0.3 is 0 Å². The zero-order valence-electron chi connectivity index (χ0n) is 16.0. The zero-order valence-corrected chi connectivity index (χ0v) is 16.8. The molecule has 1 unspecified atom stereocenters. The van der Waals surface area contributed by atoms with E-state index >= 15 is 0 Å². The van der Waals surface area contributed by atoms with Gasteiger partial charge in [0.1, 0.15) is 0 Å². The summed E-state index contributed by atoms with van der Waals surface area (Å²) in [4.78, 5) is 0.213. The van der Waals surface area contributed by atoms with E-state index in [1.165, 1.54) is 5.56 Å². The Bertz CT molecular complexity index is 915. The fourth-order valence-corrected chi connectivity index (χ4v) is 4.13. The van der Waals surface area contributed by atoms with Crippen molar-refractivity contribution in [3.63, 3.8) is 0 Å². The first-order chi connectivity index (χ1) is 13.5. The van der Waals surface area contributed by atoms with Gasteiger partial charge in [0, 0.05) is 30.5 Å². The molecule has 1 fully saturated rings. The number of nitrogens with one attached hydrogen (secondary N) is 2. The highest BCUT2D eigenvalue weighted by Crippen LogP contribution is 2.36. The van der Waals surface area contributed by atoms with E-state index in [-0.39, 0.29) is 10.3 Å². The van der Waals surface area contributed by atoms with Gasteiger partial charge in [-0.15, -0.1) is 0 Å². The van der Waals surface area contributed by atoms with Gasteiger partial charge in [-0.1, -0.05) is 54.5 Å². The molecule has 1 aliphatic rings. The lowest BCUT2D eigenvalue weighted by molar-refractivity contribution is -0.117. The Balaban J connectivity index is 1.50. The normalized spacial score (nSPS) is 16.3. The molecule has 1 heterocycles. The highest BCUT2D eigenvalue weighted by atomic mass is 32.2. The SMILES string of the molecule is CC(CC1(CC#CNS(=O)(=O)c2ccccc2)COC1)NCc1ccccc1. The number of ether oxygens (including phenoxy) is 1. The summed E-state index contributed by atoms with van der Waals surface area (Å²) in [5, 5.41) is 3.54. The average molecular weight is 399 g/mol. The third-order valence-corrected chi connectivity index (χ3v) is 6.11. The highest BCUT2D eigenvalue weighted by Gasteiger charge is 2.39. The summed E-state index contributed by atoms with van der Waals surface area (Å²) in [6, 6.07) is 21.5. The summed E-state index contributed by atoms with van der Waals surface area (Å²) in [5.74, 6) is 2.99. The van der Waals surface area contributed by atoms with E-state index in [9.17, 15) is 8.42 Å². The van der Waals surface area contributed by atoms with Gasteiger partial charge < -0.3 is 10.1 Å². The smallest absolute Gasteiger partial charge is 0.268 e. The van der Waals surface area contributed by atoms with Crippen LogP contribution in [0.15, 0.2) is 65.6 Å². The third-order valence-electron chi connectivity index (χ3n) is 4.84. The van der Waals surface area contributed by atoms with Crippen molar-refractivity contribution in [3.8, 4) is 12.0 Å². The second-order valence-corrected chi connectivity index (χ2v) is 9.04. The van der Waals surface area contributed by atoms with Crippen molar-refractivity contribution in [2.45, 2.75) is 37.2 Å². The molecule has 1 aliphatic heterocycles. The van der Waals surface area contributed by atoms with Crippen LogP contribution in [0.3, 0.4) is 0 Å². The Kier molecular flexibility index (Phi) is 6.74. The molecular formula is C22H26N2O3S. The Hall–Kier alpha value is -2.33. The van der Waals surface area contributed by atoms with Crippen LogP contribution in [-0.2, 0) is 21.3 Å². The summed E-state index contributed by atoms with van der Waals surface area (Å²) >= 11 is 0. The number of sulfonamides is 1. The molecule has 148 valence electrons. The standard InChI is InChI=1S/C22H26N2O3S/c1-19(23-16-20-9-4-2-5-10-20)15-22(17-27-18-22)13-8-14-24-28(25,26)21-11-6-3-7-12-21/h2-7,9-12,19,23-24H,13,15-18H2,1H3. The van der Waals surface area contributed by atoms with Crippen LogP contribution in [0.4, 0.5) is 0 Å². The highest BCUT2D eigenvalue weighted by molar-refractivity contribution is 7.89. The van der Waals surface area contributed by atoms with Crippen LogP contribution >= 0.6 is 0 Å². The van der Waals surface area contributed by atoms with Crippen molar-refractivity contribution < 1.29 is 13.2 Å². The van der Waals surface area contributed by atoms with Gasteiger partial charge in [-0.25, -0.2) is 13.1 Å². The molecule has 0 radical (unpaired) electrons. The quantitative estimate of drug-likeness (QED) is 0.530. The molecular weight excluding hydrogens is 372 g/mol. The fraction of sp³-hybridized carbons (Fsp3) is 0.364. The number of benzene rings is 2. The summed E-state index contributed by atoms with van der Waals surface area (Å²) in [6.07, 6.45) is 1.53. The van der Waals surface area contributed by atoms with E-state index in [0.29, 0.717) is 25.7 Å². The van der Waals surface area contributed by atoms with Crippen molar-refractivity contribution in [2.75, 3.05) is 13.2 Å². The van der Waals surface area contributed by atoms with Gasteiger partial charge in [-0.3, -0.25) is 0 Å². The predicted molar refractivity (Wildman–Crippen MR) is 110 cm³/mol. The van der Waals surface area contributed by atoms with Gasteiger partial charge in [-0.2, -0.15) is 0 Å². The first-order valence-corrected chi connectivity index (χ1v) is 10.9. The maximum Gasteiger partial charge on any atom is 0.268 e. The van der Waals surface area contributed by atoms with Crippen LogP contribution in [0.25, 0.3) is 0 Å². The molecule has 1 atom stereocenters. The van der Waals surface area contributed by atoms with Crippen LogP contribution in [-0.4, -0.2) is 27.7 Å². The summed E-state index contributed by atoms with van der Waals surface area (Å²) in [5.41, 5.74) is 1.23. The van der Waals surface area contributed by atoms with Gasteiger partial charge in [0.2, 0.25) is 0 Å². The van der Waals surface area contributed by atoms with Crippen molar-refractivity contribution >= 4 is 10.0 Å². The molecule has 5 nitrogen and oxygen atoms in total. The van der Waals surface area contributed by atoms with E-state index in [2.05, 4.69) is 41.1 Å². The Morgan fingerprint density at radius 2 is 1.71 bits per heavy atom. The minimum absolute atomic E-state index is 0.0196.